The third kappa shape index (κ3) is 4.76. The molecule has 1 N–H and O–H groups in total. The highest BCUT2D eigenvalue weighted by Gasteiger charge is 2.74. The van der Waals surface area contributed by atoms with Gasteiger partial charge >= 0.3 is 11.9 Å². The number of hydrogen-bond acceptors (Lipinski definition) is 6. The highest BCUT2D eigenvalue weighted by Crippen LogP contribution is 2.72. The van der Waals surface area contributed by atoms with Gasteiger partial charge in [-0.15, -0.1) is 6.58 Å². The summed E-state index contributed by atoms with van der Waals surface area (Å²) in [6.45, 7) is 14.6. The van der Waals surface area contributed by atoms with Crippen LogP contribution in [0.15, 0.2) is 42.5 Å². The van der Waals surface area contributed by atoms with Crippen molar-refractivity contribution in [2.24, 2.45) is 46.3 Å². The summed E-state index contributed by atoms with van der Waals surface area (Å²) in [5.74, 6) is -0.169. The zero-order valence-corrected chi connectivity index (χ0v) is 26.1. The first-order chi connectivity index (χ1) is 19.9. The molecule has 42 heavy (non-hydrogen) atoms. The van der Waals surface area contributed by atoms with Crippen LogP contribution in [0, 0.1) is 46.3 Å². The van der Waals surface area contributed by atoms with E-state index in [-0.39, 0.29) is 53.4 Å². The molecule has 0 bridgehead atoms. The van der Waals surface area contributed by atoms with Crippen LogP contribution in [-0.2, 0) is 19.0 Å². The molecular weight excluding hydrogens is 528 g/mol. The molecule has 12 atom stereocenters. The molecule has 6 rings (SSSR count). The van der Waals surface area contributed by atoms with Crippen LogP contribution in [0.2, 0.25) is 0 Å². The van der Waals surface area contributed by atoms with Crippen LogP contribution in [0.25, 0.3) is 0 Å². The fourth-order valence-electron chi connectivity index (χ4n) is 10.9. The Labute approximate surface area is 251 Å². The monoisotopic (exact) mass is 578 g/mol. The van der Waals surface area contributed by atoms with Gasteiger partial charge in [0.05, 0.1) is 11.7 Å². The maximum absolute atomic E-state index is 13.6. The first-order valence-corrected chi connectivity index (χ1v) is 16.3. The lowest BCUT2D eigenvalue weighted by Crippen LogP contribution is -2.60. The summed E-state index contributed by atoms with van der Waals surface area (Å²) in [6, 6.07) is 9.30. The number of carbonyl (C=O) groups excluding carboxylic acids is 2. The van der Waals surface area contributed by atoms with E-state index in [1.165, 1.54) is 6.92 Å². The van der Waals surface area contributed by atoms with Crippen molar-refractivity contribution in [1.82, 2.24) is 0 Å². The summed E-state index contributed by atoms with van der Waals surface area (Å²) in [5.41, 5.74) is 1.38. The number of allylic oxidation sites excluding steroid dienone is 1. The molecule has 6 nitrogen and oxygen atoms in total. The predicted octanol–water partition coefficient (Wildman–Crippen LogP) is 7.10. The zero-order valence-electron chi connectivity index (χ0n) is 26.1. The van der Waals surface area contributed by atoms with Gasteiger partial charge in [-0.25, -0.2) is 4.79 Å². The molecule has 4 saturated carbocycles. The third-order valence-electron chi connectivity index (χ3n) is 12.8. The standard InChI is InChI=1S/C36H50O6/c1-21(2)12-15-30-22(3)32-35(6)29(20-36(32,39)42-30)27-14-13-25-18-26(40-23(4)37)16-17-34(25,5)28(27)19-31(35)41-33(38)24-10-8-7-9-11-24/h7-11,22,25-32,39H,1,12-20H2,2-6H3/t22-,25?,26+,27?,28?,29?,30?,31-,32-,34+,35-,36+/m1/s1. The van der Waals surface area contributed by atoms with Crippen LogP contribution < -0.4 is 0 Å². The van der Waals surface area contributed by atoms with Crippen LogP contribution in [0.5, 0.6) is 0 Å². The van der Waals surface area contributed by atoms with E-state index < -0.39 is 11.2 Å². The Morgan fingerprint density at radius 2 is 1.79 bits per heavy atom. The largest absolute Gasteiger partial charge is 0.463 e. The van der Waals surface area contributed by atoms with Gasteiger partial charge in [-0.2, -0.15) is 0 Å². The summed E-state index contributed by atoms with van der Waals surface area (Å²) in [4.78, 5) is 25.4. The lowest BCUT2D eigenvalue weighted by molar-refractivity contribution is -0.211. The quantitative estimate of drug-likeness (QED) is 0.286. The van der Waals surface area contributed by atoms with E-state index in [1.54, 1.807) is 0 Å². The topological polar surface area (TPSA) is 82.1 Å². The van der Waals surface area contributed by atoms with Gasteiger partial charge in [0.15, 0.2) is 5.79 Å². The number of esters is 2. The van der Waals surface area contributed by atoms with Crippen LogP contribution in [0.1, 0.15) is 103 Å². The lowest BCUT2D eigenvalue weighted by atomic mass is 9.43. The number of ether oxygens (including phenoxy) is 3. The second kappa shape index (κ2) is 10.8. The lowest BCUT2D eigenvalue weighted by Gasteiger charge is -2.62. The first kappa shape index (κ1) is 29.9. The Kier molecular flexibility index (Phi) is 7.66. The van der Waals surface area contributed by atoms with E-state index in [0.29, 0.717) is 29.7 Å². The highest BCUT2D eigenvalue weighted by atomic mass is 16.6. The van der Waals surface area contributed by atoms with Crippen LogP contribution in [0.3, 0.4) is 0 Å². The van der Waals surface area contributed by atoms with Crippen molar-refractivity contribution in [3.8, 4) is 0 Å². The van der Waals surface area contributed by atoms with E-state index in [2.05, 4.69) is 27.4 Å². The minimum absolute atomic E-state index is 0.00498. The van der Waals surface area contributed by atoms with Gasteiger partial charge < -0.3 is 19.3 Å². The van der Waals surface area contributed by atoms with E-state index >= 15 is 0 Å². The molecule has 1 aromatic carbocycles. The average Bonchev–Trinajstić information content (AvgIpc) is 3.34. The molecule has 1 aromatic rings. The summed E-state index contributed by atoms with van der Waals surface area (Å²) < 4.78 is 18.9. The van der Waals surface area contributed by atoms with Crippen molar-refractivity contribution in [3.63, 3.8) is 0 Å². The molecule has 1 heterocycles. The second-order valence-corrected chi connectivity index (χ2v) is 15.1. The molecule has 4 aliphatic carbocycles. The Morgan fingerprint density at radius 1 is 1.05 bits per heavy atom. The maximum Gasteiger partial charge on any atom is 0.338 e. The molecule has 0 amide bonds. The van der Waals surface area contributed by atoms with Gasteiger partial charge in [-0.3, -0.25) is 4.79 Å². The van der Waals surface area contributed by atoms with Gasteiger partial charge in [-0.1, -0.05) is 44.5 Å². The third-order valence-corrected chi connectivity index (χ3v) is 12.8. The zero-order chi connectivity index (χ0) is 30.0. The van der Waals surface area contributed by atoms with Crippen molar-refractivity contribution in [3.05, 3.63) is 48.0 Å². The maximum atomic E-state index is 13.6. The summed E-state index contributed by atoms with van der Waals surface area (Å²) in [7, 11) is 0. The summed E-state index contributed by atoms with van der Waals surface area (Å²) in [6.07, 6.45) is 7.75. The molecule has 0 radical (unpaired) electrons. The Hall–Kier alpha value is -2.18. The minimum atomic E-state index is -1.21. The molecule has 5 fully saturated rings. The molecule has 1 aliphatic heterocycles. The number of benzene rings is 1. The normalized spacial score (nSPS) is 45.6. The van der Waals surface area contributed by atoms with Gasteiger partial charge in [-0.05, 0) is 105 Å². The molecule has 1 saturated heterocycles. The Balaban J connectivity index is 1.34. The molecule has 6 heteroatoms. The fraction of sp³-hybridized carbons (Fsp3) is 0.722. The number of fused-ring (bicyclic) bond motifs is 7. The molecule has 5 aliphatic rings. The molecule has 0 spiro atoms. The van der Waals surface area contributed by atoms with Crippen LogP contribution in [-0.4, -0.2) is 41.1 Å². The molecule has 5 unspecified atom stereocenters. The fourth-order valence-corrected chi connectivity index (χ4v) is 10.9. The van der Waals surface area contributed by atoms with Crippen molar-refractivity contribution in [1.29, 1.82) is 0 Å². The first-order valence-electron chi connectivity index (χ1n) is 16.3. The van der Waals surface area contributed by atoms with E-state index in [4.69, 9.17) is 14.2 Å². The van der Waals surface area contributed by atoms with Crippen LogP contribution >= 0.6 is 0 Å². The van der Waals surface area contributed by atoms with E-state index in [9.17, 15) is 14.7 Å². The van der Waals surface area contributed by atoms with Gasteiger partial charge in [0.2, 0.25) is 0 Å². The predicted molar refractivity (Wildman–Crippen MR) is 160 cm³/mol. The van der Waals surface area contributed by atoms with Crippen molar-refractivity contribution in [2.75, 3.05) is 0 Å². The van der Waals surface area contributed by atoms with Crippen LogP contribution in [0.4, 0.5) is 0 Å². The SMILES string of the molecule is C=C(C)CCC1O[C@@]2(O)CC3C4CCC5C[C@@H](OC(C)=O)CC[C@]5(C)C4C[C@@H](OC(=O)c4ccccc4)[C@]3(C)[C@H]2[C@@H]1C. The van der Waals surface area contributed by atoms with Crippen molar-refractivity contribution in [2.45, 2.75) is 117 Å². The Bertz CT molecular complexity index is 1210. The summed E-state index contributed by atoms with van der Waals surface area (Å²) >= 11 is 0. The van der Waals surface area contributed by atoms with Crippen molar-refractivity contribution < 1.29 is 28.9 Å². The van der Waals surface area contributed by atoms with Crippen molar-refractivity contribution >= 4 is 11.9 Å². The van der Waals surface area contributed by atoms with E-state index in [1.807, 2.05) is 37.3 Å². The molecule has 230 valence electrons. The van der Waals surface area contributed by atoms with Gasteiger partial charge in [0.1, 0.15) is 12.2 Å². The van der Waals surface area contributed by atoms with Gasteiger partial charge in [0.25, 0.3) is 0 Å². The molecule has 0 aromatic heterocycles. The Morgan fingerprint density at radius 3 is 2.48 bits per heavy atom. The van der Waals surface area contributed by atoms with Gasteiger partial charge in [0, 0.05) is 24.7 Å². The minimum Gasteiger partial charge on any atom is -0.463 e. The number of hydrogen-bond donors (Lipinski definition) is 1. The number of carbonyl (C=O) groups is 2. The number of rotatable bonds is 6. The number of aliphatic hydroxyl groups is 1. The highest BCUT2D eigenvalue weighted by molar-refractivity contribution is 5.89. The average molecular weight is 579 g/mol. The smallest absolute Gasteiger partial charge is 0.338 e. The molecular formula is C36H50O6. The second-order valence-electron chi connectivity index (χ2n) is 15.1. The van der Waals surface area contributed by atoms with E-state index in [0.717, 1.165) is 56.9 Å². The summed E-state index contributed by atoms with van der Waals surface area (Å²) in [5, 5.41) is 12.3.